The van der Waals surface area contributed by atoms with Gasteiger partial charge in [-0.15, -0.1) is 0 Å². The van der Waals surface area contributed by atoms with Gasteiger partial charge in [0.1, 0.15) is 12.5 Å². The summed E-state index contributed by atoms with van der Waals surface area (Å²) in [5.74, 6) is 38.7. The van der Waals surface area contributed by atoms with Crippen LogP contribution in [-0.2, 0) is 74.9 Å². The van der Waals surface area contributed by atoms with E-state index in [2.05, 4.69) is 151 Å². The Bertz CT molecular complexity index is 3290. The van der Waals surface area contributed by atoms with Gasteiger partial charge in [-0.1, -0.05) is 297 Å². The molecule has 0 spiro atoms. The number of rotatable bonds is 80. The molecule has 6 atom stereocenters. The molecule has 6 N–H and O–H groups in total. The molecular weight excluding hydrogens is 1550 g/mol. The van der Waals surface area contributed by atoms with E-state index in [-0.39, 0.29) is 89.1 Å². The van der Waals surface area contributed by atoms with Gasteiger partial charge in [0.25, 0.3) is 0 Å². The van der Waals surface area contributed by atoms with Crippen LogP contribution in [-0.4, -0.2) is 136 Å². The van der Waals surface area contributed by atoms with Crippen LogP contribution in [0.25, 0.3) is 0 Å². The average molecular weight is 1700 g/mol. The van der Waals surface area contributed by atoms with Gasteiger partial charge < -0.3 is 50.0 Å². The summed E-state index contributed by atoms with van der Waals surface area (Å²) in [5, 5.41) is 10.6. The second kappa shape index (κ2) is 85.0. The Morgan fingerprint density at radius 2 is 0.605 bits per heavy atom. The summed E-state index contributed by atoms with van der Waals surface area (Å²) in [7, 11) is -9.57. The first-order valence-corrected chi connectivity index (χ1v) is 48.7. The standard InChI is InChI=1S/C95H154N4O18P2/c1-7-13-19-25-30-35-38-39-40-41-44-47-50-56-62-68-89(117-95(105)72-66-60-54-46-34-29-23-17-11-5)74-78-111-83-87(99-91(101)70-64-58-52-49-43-37-32-27-21-15-9-3)85-115-119(108,109)113-80-76-97-93(103)81-92(102)96-75-79-112-118(106,107)114-84-86(98-90(100)69-63-57-51-48-42-36-31-26-20-14-8-2)82-110-77-73-88(67-61-55-24-18-12-6)116-94(104)71-65-59-53-45-33-28-22-16-10-4/h86-89H,8-12,14-18,20-24,26-29,31-34,36-37,42-43,45-46,48-49,51-55,57-61,63-67,69-85H2,1-6H3,(H,96,102)(H,97,103)(H,98,100)(H,99,101)(H,106,107)(H,108,109)/t86-,87+,88+,89+/m0/s1. The van der Waals surface area contributed by atoms with Crippen LogP contribution in [0, 0.1) is 94.7 Å². The maximum atomic E-state index is 13.3. The quantitative estimate of drug-likeness (QED) is 0.0108. The lowest BCUT2D eigenvalue weighted by molar-refractivity contribution is -0.151. The van der Waals surface area contributed by atoms with E-state index in [1.54, 1.807) is 6.92 Å². The number of hydrogen-bond donors (Lipinski definition) is 6. The zero-order valence-electron chi connectivity index (χ0n) is 74.2. The monoisotopic (exact) mass is 1700 g/mol. The maximum Gasteiger partial charge on any atom is 0.472 e. The third kappa shape index (κ3) is 82.2. The van der Waals surface area contributed by atoms with Crippen LogP contribution < -0.4 is 21.3 Å². The van der Waals surface area contributed by atoms with Crippen molar-refractivity contribution in [1.82, 2.24) is 21.3 Å². The molecule has 0 aliphatic heterocycles. The number of hydrogen-bond acceptors (Lipinski definition) is 16. The minimum absolute atomic E-state index is 0.00821. The Balaban J connectivity index is 5.83. The van der Waals surface area contributed by atoms with Crippen molar-refractivity contribution in [3.63, 3.8) is 0 Å². The molecule has 22 nitrogen and oxygen atoms in total. The van der Waals surface area contributed by atoms with Gasteiger partial charge in [0.2, 0.25) is 23.6 Å². The molecule has 0 saturated heterocycles. The molecule has 4 amide bonds. The van der Waals surface area contributed by atoms with Crippen molar-refractivity contribution in [2.24, 2.45) is 0 Å². The molecule has 0 aromatic heterocycles. The number of nitrogens with one attached hydrogen (secondary N) is 4. The van der Waals surface area contributed by atoms with E-state index in [1.807, 2.05) is 0 Å². The van der Waals surface area contributed by atoms with Crippen molar-refractivity contribution in [1.29, 1.82) is 0 Å². The fourth-order valence-electron chi connectivity index (χ4n) is 12.6. The number of ether oxygens (including phenoxy) is 4. The first kappa shape index (κ1) is 112. The van der Waals surface area contributed by atoms with E-state index < -0.39 is 84.5 Å². The van der Waals surface area contributed by atoms with Gasteiger partial charge >= 0.3 is 27.6 Å². The van der Waals surface area contributed by atoms with Crippen molar-refractivity contribution in [2.75, 3.05) is 65.9 Å². The Hall–Kier alpha value is -6.56. The molecule has 0 fully saturated rings. The first-order chi connectivity index (χ1) is 57.9. The number of phosphoric acid groups is 2. The molecule has 0 aromatic carbocycles. The van der Waals surface area contributed by atoms with Gasteiger partial charge in [0.05, 0.1) is 64.9 Å². The Labute approximate surface area is 720 Å². The zero-order valence-corrected chi connectivity index (χ0v) is 76.0. The summed E-state index contributed by atoms with van der Waals surface area (Å²) in [4.78, 5) is 99.8. The first-order valence-electron chi connectivity index (χ1n) is 45.7. The van der Waals surface area contributed by atoms with Crippen molar-refractivity contribution in [3.05, 3.63) is 0 Å². The zero-order chi connectivity index (χ0) is 87.1. The molecule has 672 valence electrons. The van der Waals surface area contributed by atoms with Crippen LogP contribution in [0.15, 0.2) is 0 Å². The van der Waals surface area contributed by atoms with E-state index in [4.69, 9.17) is 37.0 Å². The predicted molar refractivity (Wildman–Crippen MR) is 476 cm³/mol. The molecule has 0 radical (unpaired) electrons. The van der Waals surface area contributed by atoms with Crippen LogP contribution >= 0.6 is 15.6 Å². The minimum Gasteiger partial charge on any atom is -0.462 e. The summed E-state index contributed by atoms with van der Waals surface area (Å²) >= 11 is 0. The molecule has 0 heterocycles. The number of unbranched alkanes of at least 4 members (excludes halogenated alkanes) is 40. The molecule has 119 heavy (non-hydrogen) atoms. The van der Waals surface area contributed by atoms with E-state index in [0.29, 0.717) is 38.5 Å². The topological polar surface area (TPSA) is 299 Å². The number of carbonyl (C=O) groups is 6. The highest BCUT2D eigenvalue weighted by atomic mass is 31.2. The highest BCUT2D eigenvalue weighted by Crippen LogP contribution is 2.44. The highest BCUT2D eigenvalue weighted by molar-refractivity contribution is 7.47. The highest BCUT2D eigenvalue weighted by Gasteiger charge is 2.27. The Kier molecular flexibility index (Phi) is 80.3. The summed E-state index contributed by atoms with van der Waals surface area (Å²) < 4.78 is 71.2. The number of phosphoric ester groups is 2. The molecule has 0 aromatic rings. The van der Waals surface area contributed by atoms with Gasteiger partial charge in [-0.3, -0.25) is 46.9 Å². The molecule has 0 rings (SSSR count). The molecule has 0 saturated carbocycles. The van der Waals surface area contributed by atoms with Gasteiger partial charge in [-0.2, -0.15) is 0 Å². The molecule has 2 unspecified atom stereocenters. The van der Waals surface area contributed by atoms with Crippen LogP contribution in [0.2, 0.25) is 0 Å². The van der Waals surface area contributed by atoms with Crippen LogP contribution in [0.5, 0.6) is 0 Å². The van der Waals surface area contributed by atoms with Crippen molar-refractivity contribution in [2.45, 2.75) is 406 Å². The Morgan fingerprint density at radius 1 is 0.311 bits per heavy atom. The second-order valence-corrected chi connectivity index (χ2v) is 33.4. The van der Waals surface area contributed by atoms with Gasteiger partial charge in [0, 0.05) is 51.6 Å². The number of esters is 2. The van der Waals surface area contributed by atoms with Gasteiger partial charge in [-0.25, -0.2) is 9.13 Å². The predicted octanol–water partition coefficient (Wildman–Crippen LogP) is 19.1. The van der Waals surface area contributed by atoms with E-state index >= 15 is 0 Å². The summed E-state index contributed by atoms with van der Waals surface area (Å²) in [6.07, 6.45) is 50.3. The summed E-state index contributed by atoms with van der Waals surface area (Å²) in [6.45, 7) is 10.1. The third-order valence-electron chi connectivity index (χ3n) is 19.4. The molecule has 0 aliphatic rings. The number of carbonyl (C=O) groups excluding carboxylic acids is 6. The van der Waals surface area contributed by atoms with Crippen molar-refractivity contribution < 1.29 is 84.7 Å². The number of amides is 4. The van der Waals surface area contributed by atoms with Crippen molar-refractivity contribution in [3.8, 4) is 94.7 Å². The van der Waals surface area contributed by atoms with E-state index in [0.717, 1.165) is 116 Å². The largest absolute Gasteiger partial charge is 0.472 e. The lowest BCUT2D eigenvalue weighted by Gasteiger charge is -2.22. The maximum absolute atomic E-state index is 13.3. The summed E-state index contributed by atoms with van der Waals surface area (Å²) in [5.41, 5.74) is 0. The van der Waals surface area contributed by atoms with E-state index in [9.17, 15) is 47.7 Å². The third-order valence-corrected chi connectivity index (χ3v) is 21.4. The Morgan fingerprint density at radius 3 is 0.950 bits per heavy atom. The molecular formula is C95H154N4O18P2. The molecule has 0 bridgehead atoms. The lowest BCUT2D eigenvalue weighted by atomic mass is 10.1. The SMILES string of the molecule is CC#CC#CC#CC#CC#CC#CC#CC#C[C@H](CCOC[C@H](COP(=O)(O)OCCNC(=O)CC(=O)NCCOP(=O)(O)OC[C@H](COCC[C@@H](CCCCCCC)OC(=O)CCCCCCCCCCC)NC(=O)CCCCCCCCCCCCC)NC(=O)CCCCCCCCCCCCC)OC(=O)CCCCCCCCCCC. The summed E-state index contributed by atoms with van der Waals surface area (Å²) in [6, 6.07) is -1.77. The normalized spacial score (nSPS) is 12.6. The lowest BCUT2D eigenvalue weighted by Crippen LogP contribution is -2.41. The smallest absolute Gasteiger partial charge is 0.462 e. The van der Waals surface area contributed by atoms with Crippen LogP contribution in [0.3, 0.4) is 0 Å². The molecule has 24 heteroatoms. The fourth-order valence-corrected chi connectivity index (χ4v) is 14.1. The van der Waals surface area contributed by atoms with Gasteiger partial charge in [-0.05, 0) is 134 Å². The fraction of sp³-hybridized carbons (Fsp3) is 0.768. The van der Waals surface area contributed by atoms with E-state index in [1.165, 1.54) is 154 Å². The minimum atomic E-state index is -4.81. The molecule has 0 aliphatic carbocycles. The second-order valence-electron chi connectivity index (χ2n) is 30.5. The average Bonchev–Trinajstić information content (AvgIpc) is 0.963. The van der Waals surface area contributed by atoms with Crippen LogP contribution in [0.1, 0.15) is 382 Å². The van der Waals surface area contributed by atoms with Crippen molar-refractivity contribution >= 4 is 51.2 Å². The van der Waals surface area contributed by atoms with Gasteiger partial charge in [0.15, 0.2) is 6.10 Å². The van der Waals surface area contributed by atoms with Crippen LogP contribution in [0.4, 0.5) is 0 Å².